The normalized spacial score (nSPS) is 34.9. The number of carbonyl (C=O) groups is 2. The Morgan fingerprint density at radius 1 is 1.13 bits per heavy atom. The smallest absolute Gasteiger partial charge is 0.339 e. The van der Waals surface area contributed by atoms with Crippen molar-refractivity contribution in [3.63, 3.8) is 0 Å². The highest BCUT2D eigenvalue weighted by Crippen LogP contribution is 2.45. The molecule has 1 fully saturated rings. The fourth-order valence-electron chi connectivity index (χ4n) is 1.86. The zero-order valence-corrected chi connectivity index (χ0v) is 9.46. The molecule has 0 aromatic carbocycles. The molecule has 0 aliphatic carbocycles. The number of hydrogen-bond donors (Lipinski definition) is 0. The Balaban J connectivity index is 3.08. The SMILES string of the molecule is COC(=O)C1(C)CCOC1(C)C(=O)OC. The van der Waals surface area contributed by atoms with Gasteiger partial charge in [-0.25, -0.2) is 4.79 Å². The van der Waals surface area contributed by atoms with Crippen molar-refractivity contribution in [2.75, 3.05) is 20.8 Å². The summed E-state index contributed by atoms with van der Waals surface area (Å²) in [7, 11) is 2.57. The second-order valence-corrected chi connectivity index (χ2v) is 3.95. The van der Waals surface area contributed by atoms with Gasteiger partial charge in [-0.2, -0.15) is 0 Å². The highest BCUT2D eigenvalue weighted by atomic mass is 16.6. The van der Waals surface area contributed by atoms with Crippen LogP contribution in [0.25, 0.3) is 0 Å². The minimum absolute atomic E-state index is 0.344. The van der Waals surface area contributed by atoms with Gasteiger partial charge in [-0.1, -0.05) is 0 Å². The lowest BCUT2D eigenvalue weighted by Crippen LogP contribution is -2.52. The molecule has 5 nitrogen and oxygen atoms in total. The molecule has 0 aromatic heterocycles. The summed E-state index contributed by atoms with van der Waals surface area (Å²) in [5.41, 5.74) is -2.23. The van der Waals surface area contributed by atoms with Crippen molar-refractivity contribution in [3.8, 4) is 0 Å². The molecule has 0 aromatic rings. The van der Waals surface area contributed by atoms with Crippen molar-refractivity contribution in [2.24, 2.45) is 5.41 Å². The number of hydrogen-bond acceptors (Lipinski definition) is 5. The van der Waals surface area contributed by atoms with Crippen molar-refractivity contribution in [1.29, 1.82) is 0 Å². The Morgan fingerprint density at radius 3 is 2.13 bits per heavy atom. The monoisotopic (exact) mass is 216 g/mol. The van der Waals surface area contributed by atoms with Gasteiger partial charge in [-0.15, -0.1) is 0 Å². The third kappa shape index (κ3) is 1.51. The van der Waals surface area contributed by atoms with E-state index in [0.717, 1.165) is 0 Å². The van der Waals surface area contributed by atoms with Gasteiger partial charge in [0.15, 0.2) is 5.60 Å². The van der Waals surface area contributed by atoms with Gasteiger partial charge >= 0.3 is 11.9 Å². The zero-order valence-electron chi connectivity index (χ0n) is 9.46. The summed E-state index contributed by atoms with van der Waals surface area (Å²) >= 11 is 0. The van der Waals surface area contributed by atoms with Crippen LogP contribution in [0.5, 0.6) is 0 Å². The van der Waals surface area contributed by atoms with Crippen molar-refractivity contribution in [1.82, 2.24) is 0 Å². The molecule has 1 aliphatic heterocycles. The second-order valence-electron chi connectivity index (χ2n) is 3.95. The number of rotatable bonds is 2. The molecule has 1 heterocycles. The van der Waals surface area contributed by atoms with Gasteiger partial charge in [-0.3, -0.25) is 4.79 Å². The molecule has 86 valence electrons. The minimum Gasteiger partial charge on any atom is -0.469 e. The largest absolute Gasteiger partial charge is 0.469 e. The number of methoxy groups -OCH3 is 2. The zero-order chi connectivity index (χ0) is 11.7. The highest BCUT2D eigenvalue weighted by molar-refractivity contribution is 5.90. The van der Waals surface area contributed by atoms with E-state index in [4.69, 9.17) is 9.47 Å². The first kappa shape index (κ1) is 12.0. The Morgan fingerprint density at radius 2 is 1.67 bits per heavy atom. The summed E-state index contributed by atoms with van der Waals surface area (Å²) < 4.78 is 14.7. The molecular formula is C10H16O5. The van der Waals surface area contributed by atoms with Crippen molar-refractivity contribution < 1.29 is 23.8 Å². The standard InChI is InChI=1S/C10H16O5/c1-9(7(11)13-3)5-6-15-10(9,2)8(12)14-4/h5-6H2,1-4H3. The molecule has 0 saturated carbocycles. The molecule has 1 rings (SSSR count). The van der Waals surface area contributed by atoms with E-state index < -0.39 is 23.0 Å². The lowest BCUT2D eigenvalue weighted by atomic mass is 9.74. The third-order valence-electron chi connectivity index (χ3n) is 3.26. The predicted molar refractivity (Wildman–Crippen MR) is 51.1 cm³/mol. The van der Waals surface area contributed by atoms with E-state index in [1.54, 1.807) is 13.8 Å². The summed E-state index contributed by atoms with van der Waals surface area (Å²) in [6.45, 7) is 3.56. The van der Waals surface area contributed by atoms with Gasteiger partial charge in [0.05, 0.1) is 14.2 Å². The van der Waals surface area contributed by atoms with Gasteiger partial charge < -0.3 is 14.2 Å². The van der Waals surface area contributed by atoms with E-state index in [1.165, 1.54) is 14.2 Å². The lowest BCUT2D eigenvalue weighted by Gasteiger charge is -2.34. The number of ether oxygens (including phenoxy) is 3. The van der Waals surface area contributed by atoms with Gasteiger partial charge in [0.25, 0.3) is 0 Å². The van der Waals surface area contributed by atoms with Crippen LogP contribution in [0.4, 0.5) is 0 Å². The van der Waals surface area contributed by atoms with Crippen LogP contribution in [-0.4, -0.2) is 38.4 Å². The molecule has 0 N–H and O–H groups in total. The van der Waals surface area contributed by atoms with E-state index in [9.17, 15) is 9.59 Å². The Kier molecular flexibility index (Phi) is 3.04. The second kappa shape index (κ2) is 3.81. The lowest BCUT2D eigenvalue weighted by molar-refractivity contribution is -0.182. The fourth-order valence-corrected chi connectivity index (χ4v) is 1.86. The fraction of sp³-hybridized carbons (Fsp3) is 0.800. The summed E-state index contributed by atoms with van der Waals surface area (Å²) in [4.78, 5) is 23.3. The summed E-state index contributed by atoms with van der Waals surface area (Å²) in [5.74, 6) is -0.999. The topological polar surface area (TPSA) is 61.8 Å². The summed E-state index contributed by atoms with van der Waals surface area (Å²) in [5, 5.41) is 0. The highest BCUT2D eigenvalue weighted by Gasteiger charge is 2.61. The average Bonchev–Trinajstić information content (AvgIpc) is 2.55. The molecule has 2 unspecified atom stereocenters. The molecule has 15 heavy (non-hydrogen) atoms. The Hall–Kier alpha value is -1.10. The van der Waals surface area contributed by atoms with Crippen molar-refractivity contribution in [2.45, 2.75) is 25.9 Å². The van der Waals surface area contributed by atoms with Gasteiger partial charge in [-0.05, 0) is 20.3 Å². The molecular weight excluding hydrogens is 200 g/mol. The van der Waals surface area contributed by atoms with Gasteiger partial charge in [0.1, 0.15) is 5.41 Å². The summed E-state index contributed by atoms with van der Waals surface area (Å²) in [6, 6.07) is 0. The molecule has 5 heteroatoms. The van der Waals surface area contributed by atoms with E-state index in [2.05, 4.69) is 4.74 Å². The number of carbonyl (C=O) groups excluding carboxylic acids is 2. The van der Waals surface area contributed by atoms with E-state index >= 15 is 0 Å². The van der Waals surface area contributed by atoms with Crippen LogP contribution in [0.15, 0.2) is 0 Å². The molecule has 2 atom stereocenters. The Labute approximate surface area is 88.7 Å². The van der Waals surface area contributed by atoms with E-state index in [-0.39, 0.29) is 0 Å². The van der Waals surface area contributed by atoms with Gasteiger partial charge in [0, 0.05) is 6.61 Å². The van der Waals surface area contributed by atoms with E-state index in [0.29, 0.717) is 13.0 Å². The molecule has 0 radical (unpaired) electrons. The molecule has 1 aliphatic rings. The maximum atomic E-state index is 11.7. The van der Waals surface area contributed by atoms with Crippen LogP contribution < -0.4 is 0 Å². The van der Waals surface area contributed by atoms with Crippen molar-refractivity contribution in [3.05, 3.63) is 0 Å². The minimum atomic E-state index is -1.26. The Bertz CT molecular complexity index is 260. The molecule has 0 bridgehead atoms. The van der Waals surface area contributed by atoms with Crippen LogP contribution in [-0.2, 0) is 23.8 Å². The van der Waals surface area contributed by atoms with E-state index in [1.807, 2.05) is 0 Å². The average molecular weight is 216 g/mol. The van der Waals surface area contributed by atoms with Crippen LogP contribution in [0.2, 0.25) is 0 Å². The quantitative estimate of drug-likeness (QED) is 0.630. The molecule has 0 spiro atoms. The van der Waals surface area contributed by atoms with Crippen LogP contribution in [0, 0.1) is 5.41 Å². The van der Waals surface area contributed by atoms with Gasteiger partial charge in [0.2, 0.25) is 0 Å². The molecule has 0 amide bonds. The van der Waals surface area contributed by atoms with Crippen LogP contribution >= 0.6 is 0 Å². The predicted octanol–water partition coefficient (Wildman–Crippen LogP) is 0.518. The molecule has 1 saturated heterocycles. The van der Waals surface area contributed by atoms with Crippen LogP contribution in [0.1, 0.15) is 20.3 Å². The third-order valence-corrected chi connectivity index (χ3v) is 3.26. The summed E-state index contributed by atoms with van der Waals surface area (Å²) in [6.07, 6.45) is 0.450. The first-order valence-electron chi connectivity index (χ1n) is 4.73. The first-order chi connectivity index (χ1) is 6.92. The van der Waals surface area contributed by atoms with Crippen LogP contribution in [0.3, 0.4) is 0 Å². The van der Waals surface area contributed by atoms with Crippen molar-refractivity contribution >= 4 is 11.9 Å². The maximum absolute atomic E-state index is 11.7. The first-order valence-corrected chi connectivity index (χ1v) is 4.73. The number of esters is 2. The maximum Gasteiger partial charge on any atom is 0.339 e.